The Bertz CT molecular complexity index is 450. The number of nitrogens with two attached hydrogens (primary N) is 1. The Morgan fingerprint density at radius 3 is 2.93 bits per heavy atom. The van der Waals surface area contributed by atoms with Crippen LogP contribution < -0.4 is 10.5 Å². The number of benzene rings is 1. The maximum atomic E-state index is 5.76. The van der Waals surface area contributed by atoms with E-state index in [2.05, 4.69) is 4.98 Å². The number of rotatable bonds is 2. The average Bonchev–Trinajstić information content (AvgIpc) is 2.59. The highest BCUT2D eigenvalue weighted by Gasteiger charge is 2.07. The zero-order chi connectivity index (χ0) is 10.1. The van der Waals surface area contributed by atoms with Crippen LogP contribution in [-0.4, -0.2) is 12.1 Å². The fourth-order valence-electron chi connectivity index (χ4n) is 1.24. The summed E-state index contributed by atoms with van der Waals surface area (Å²) < 4.78 is 6.26. The normalized spacial score (nSPS) is 13.1. The van der Waals surface area contributed by atoms with E-state index in [0.29, 0.717) is 0 Å². The number of thiazole rings is 1. The summed E-state index contributed by atoms with van der Waals surface area (Å²) >= 11 is 1.62. The molecule has 14 heavy (non-hydrogen) atoms. The zero-order valence-corrected chi connectivity index (χ0v) is 8.97. The Morgan fingerprint density at radius 2 is 2.29 bits per heavy atom. The van der Waals surface area contributed by atoms with Crippen LogP contribution in [0.2, 0.25) is 0 Å². The van der Waals surface area contributed by atoms with Crippen LogP contribution in [-0.2, 0) is 0 Å². The van der Waals surface area contributed by atoms with E-state index in [1.165, 1.54) is 0 Å². The Labute approximate surface area is 86.5 Å². The van der Waals surface area contributed by atoms with Gasteiger partial charge in [0, 0.05) is 0 Å². The molecule has 0 aliphatic heterocycles. The van der Waals surface area contributed by atoms with E-state index in [4.69, 9.17) is 10.5 Å². The smallest absolute Gasteiger partial charge is 0.120 e. The molecule has 2 rings (SSSR count). The summed E-state index contributed by atoms with van der Waals surface area (Å²) in [6.45, 7) is 1.94. The van der Waals surface area contributed by atoms with Gasteiger partial charge in [0.25, 0.3) is 0 Å². The second-order valence-corrected chi connectivity index (χ2v) is 4.24. The van der Waals surface area contributed by atoms with Crippen LogP contribution in [0.25, 0.3) is 10.2 Å². The molecule has 0 aliphatic rings. The van der Waals surface area contributed by atoms with Gasteiger partial charge in [-0.2, -0.15) is 0 Å². The maximum absolute atomic E-state index is 5.76. The monoisotopic (exact) mass is 208 g/mol. The van der Waals surface area contributed by atoms with Crippen molar-refractivity contribution in [3.05, 3.63) is 23.2 Å². The van der Waals surface area contributed by atoms with Crippen LogP contribution in [0, 0.1) is 0 Å². The summed E-state index contributed by atoms with van der Waals surface area (Å²) in [6.07, 6.45) is 0. The van der Waals surface area contributed by atoms with Gasteiger partial charge in [-0.25, -0.2) is 4.98 Å². The van der Waals surface area contributed by atoms with Crippen molar-refractivity contribution in [1.82, 2.24) is 4.98 Å². The van der Waals surface area contributed by atoms with Gasteiger partial charge in [0.05, 0.1) is 23.4 Å². The van der Waals surface area contributed by atoms with Crippen molar-refractivity contribution in [1.29, 1.82) is 0 Å². The minimum atomic E-state index is -0.00149. The second-order valence-electron chi connectivity index (χ2n) is 3.17. The highest BCUT2D eigenvalue weighted by atomic mass is 32.1. The first-order chi connectivity index (χ1) is 6.70. The van der Waals surface area contributed by atoms with E-state index in [-0.39, 0.29) is 6.04 Å². The Hall–Kier alpha value is -1.13. The molecule has 1 aromatic heterocycles. The lowest BCUT2D eigenvalue weighted by atomic mass is 10.3. The van der Waals surface area contributed by atoms with Gasteiger partial charge < -0.3 is 10.5 Å². The van der Waals surface area contributed by atoms with E-state index < -0.39 is 0 Å². The first kappa shape index (κ1) is 9.43. The van der Waals surface area contributed by atoms with Gasteiger partial charge in [-0.15, -0.1) is 11.3 Å². The second kappa shape index (κ2) is 3.55. The first-order valence-electron chi connectivity index (χ1n) is 4.41. The predicted molar refractivity (Wildman–Crippen MR) is 58.8 cm³/mol. The lowest BCUT2D eigenvalue weighted by molar-refractivity contribution is 0.415. The molecule has 0 amide bonds. The fraction of sp³-hybridized carbons (Fsp3) is 0.300. The summed E-state index contributed by atoms with van der Waals surface area (Å²) in [7, 11) is 1.66. The van der Waals surface area contributed by atoms with E-state index in [0.717, 1.165) is 21.0 Å². The number of aromatic nitrogens is 1. The molecule has 0 saturated heterocycles. The van der Waals surface area contributed by atoms with Crippen LogP contribution in [0.15, 0.2) is 18.2 Å². The van der Waals surface area contributed by atoms with Gasteiger partial charge in [0.2, 0.25) is 0 Å². The zero-order valence-electron chi connectivity index (χ0n) is 8.15. The molecule has 1 aromatic carbocycles. The number of hydrogen-bond acceptors (Lipinski definition) is 4. The largest absolute Gasteiger partial charge is 0.497 e. The Balaban J connectivity index is 2.54. The molecule has 3 nitrogen and oxygen atoms in total. The van der Waals surface area contributed by atoms with E-state index in [1.54, 1.807) is 18.4 Å². The van der Waals surface area contributed by atoms with Crippen molar-refractivity contribution in [2.75, 3.05) is 7.11 Å². The van der Waals surface area contributed by atoms with Gasteiger partial charge in [-0.1, -0.05) is 0 Å². The molecule has 4 heteroatoms. The molecule has 1 heterocycles. The molecule has 0 spiro atoms. The molecule has 0 radical (unpaired) electrons. The van der Waals surface area contributed by atoms with Gasteiger partial charge in [-0.3, -0.25) is 0 Å². The number of methoxy groups -OCH3 is 1. The molecule has 2 aromatic rings. The number of hydrogen-bond donors (Lipinski definition) is 1. The molecule has 0 bridgehead atoms. The molecule has 0 aliphatic carbocycles. The Kier molecular flexibility index (Phi) is 2.39. The third kappa shape index (κ3) is 1.58. The van der Waals surface area contributed by atoms with Gasteiger partial charge >= 0.3 is 0 Å². The maximum Gasteiger partial charge on any atom is 0.120 e. The number of fused-ring (bicyclic) bond motifs is 1. The van der Waals surface area contributed by atoms with Gasteiger partial charge in [-0.05, 0) is 25.1 Å². The van der Waals surface area contributed by atoms with Crippen molar-refractivity contribution in [2.24, 2.45) is 5.73 Å². The topological polar surface area (TPSA) is 48.1 Å². The standard InChI is InChI=1S/C10H12N2OS/c1-6(11)10-12-8-4-3-7(13-2)5-9(8)14-10/h3-6H,11H2,1-2H3/t6-/m1/s1. The van der Waals surface area contributed by atoms with Gasteiger partial charge in [0.15, 0.2) is 0 Å². The quantitative estimate of drug-likeness (QED) is 0.824. The third-order valence-electron chi connectivity index (χ3n) is 2.00. The average molecular weight is 208 g/mol. The predicted octanol–water partition coefficient (Wildman–Crippen LogP) is 2.32. The molecule has 0 fully saturated rings. The molecule has 2 N–H and O–H groups in total. The molecular weight excluding hydrogens is 196 g/mol. The fourth-order valence-corrected chi connectivity index (χ4v) is 2.19. The minimum absolute atomic E-state index is 0.00149. The first-order valence-corrected chi connectivity index (χ1v) is 5.22. The van der Waals surface area contributed by atoms with Gasteiger partial charge in [0.1, 0.15) is 10.8 Å². The molecule has 74 valence electrons. The molecule has 0 unspecified atom stereocenters. The number of ether oxygens (including phenoxy) is 1. The molecule has 1 atom stereocenters. The lowest BCUT2D eigenvalue weighted by Gasteiger charge is -1.96. The minimum Gasteiger partial charge on any atom is -0.497 e. The summed E-state index contributed by atoms with van der Waals surface area (Å²) in [4.78, 5) is 4.43. The van der Waals surface area contributed by atoms with Crippen LogP contribution in [0.5, 0.6) is 5.75 Å². The van der Waals surface area contributed by atoms with Crippen molar-refractivity contribution >= 4 is 21.6 Å². The van der Waals surface area contributed by atoms with Crippen molar-refractivity contribution < 1.29 is 4.74 Å². The molecule has 0 saturated carbocycles. The van der Waals surface area contributed by atoms with Crippen LogP contribution in [0.3, 0.4) is 0 Å². The van der Waals surface area contributed by atoms with Crippen molar-refractivity contribution in [2.45, 2.75) is 13.0 Å². The van der Waals surface area contributed by atoms with Crippen molar-refractivity contribution in [3.8, 4) is 5.75 Å². The molecular formula is C10H12N2OS. The van der Waals surface area contributed by atoms with Crippen molar-refractivity contribution in [3.63, 3.8) is 0 Å². The SMILES string of the molecule is COc1ccc2nc([C@@H](C)N)sc2c1. The Morgan fingerprint density at radius 1 is 1.50 bits per heavy atom. The van der Waals surface area contributed by atoms with E-state index >= 15 is 0 Å². The van der Waals surface area contributed by atoms with E-state index in [1.807, 2.05) is 25.1 Å². The summed E-state index contributed by atoms with van der Waals surface area (Å²) in [6, 6.07) is 5.85. The summed E-state index contributed by atoms with van der Waals surface area (Å²) in [5.74, 6) is 0.859. The number of nitrogens with zero attached hydrogens (tertiary/aromatic N) is 1. The lowest BCUT2D eigenvalue weighted by Crippen LogP contribution is -2.03. The summed E-state index contributed by atoms with van der Waals surface area (Å²) in [5, 5.41) is 0.966. The highest BCUT2D eigenvalue weighted by Crippen LogP contribution is 2.28. The highest BCUT2D eigenvalue weighted by molar-refractivity contribution is 7.18. The van der Waals surface area contributed by atoms with E-state index in [9.17, 15) is 0 Å². The third-order valence-corrected chi connectivity index (χ3v) is 3.22. The van der Waals surface area contributed by atoms with Crippen LogP contribution in [0.1, 0.15) is 18.0 Å². The van der Waals surface area contributed by atoms with Crippen LogP contribution in [0.4, 0.5) is 0 Å². The van der Waals surface area contributed by atoms with Crippen LogP contribution >= 0.6 is 11.3 Å². The summed E-state index contributed by atoms with van der Waals surface area (Å²) in [5.41, 5.74) is 6.75.